The molecule has 1 aliphatic rings. The van der Waals surface area contributed by atoms with Gasteiger partial charge in [0.05, 0.1) is 11.4 Å². The molecule has 2 aromatic heterocycles. The Bertz CT molecular complexity index is 1040. The zero-order chi connectivity index (χ0) is 21.6. The van der Waals surface area contributed by atoms with Crippen molar-refractivity contribution < 1.29 is 4.79 Å². The van der Waals surface area contributed by atoms with Crippen molar-refractivity contribution in [1.29, 1.82) is 0 Å². The number of hydrogen-bond donors (Lipinski definition) is 1. The normalized spacial score (nSPS) is 13.9. The van der Waals surface area contributed by atoms with Gasteiger partial charge in [-0.2, -0.15) is 0 Å². The number of carbonyl (C=O) groups excluding carboxylic acids is 1. The molecule has 6 nitrogen and oxygen atoms in total. The summed E-state index contributed by atoms with van der Waals surface area (Å²) < 4.78 is 2.05. The lowest BCUT2D eigenvalue weighted by atomic mass is 10.1. The van der Waals surface area contributed by atoms with E-state index in [1.54, 1.807) is 6.20 Å². The summed E-state index contributed by atoms with van der Waals surface area (Å²) in [6.45, 7) is 6.78. The van der Waals surface area contributed by atoms with Crippen LogP contribution in [0, 0.1) is 13.8 Å². The first-order valence-corrected chi connectivity index (χ1v) is 11.8. The molecule has 0 atom stereocenters. The maximum Gasteiger partial charge on any atom is 0.230 e. The summed E-state index contributed by atoms with van der Waals surface area (Å²) in [6.07, 6.45) is 9.24. The van der Waals surface area contributed by atoms with E-state index in [4.69, 9.17) is 0 Å². The molecule has 31 heavy (non-hydrogen) atoms. The molecule has 0 spiro atoms. The lowest BCUT2D eigenvalue weighted by Gasteiger charge is -2.29. The van der Waals surface area contributed by atoms with Crippen LogP contribution in [-0.4, -0.2) is 39.3 Å². The van der Waals surface area contributed by atoms with Crippen LogP contribution < -0.4 is 10.2 Å². The number of imidazole rings is 1. The third kappa shape index (κ3) is 5.10. The second-order valence-electron chi connectivity index (χ2n) is 7.90. The number of benzene rings is 1. The largest absolute Gasteiger partial charge is 0.356 e. The first-order valence-electron chi connectivity index (χ1n) is 10.8. The molecule has 7 heteroatoms. The van der Waals surface area contributed by atoms with Crippen LogP contribution in [0.15, 0.2) is 54.1 Å². The summed E-state index contributed by atoms with van der Waals surface area (Å²) in [5.74, 6) is 1.32. The third-order valence-electron chi connectivity index (χ3n) is 5.77. The number of aryl methyl sites for hydroxylation is 1. The Balaban J connectivity index is 1.36. The lowest BCUT2D eigenvalue weighted by molar-refractivity contribution is -0.118. The van der Waals surface area contributed by atoms with E-state index in [-0.39, 0.29) is 5.91 Å². The standard InChI is InChI=1S/C24H29N5OS/c1-18-8-6-10-21(19(18)2)29-15-12-26-24(29)31-17-22(30)27-16-20-9-7-11-25-23(20)28-13-4-3-5-14-28/h6-12,15H,3-5,13-14,16-17H2,1-2H3,(H,27,30). The Morgan fingerprint density at radius 2 is 1.90 bits per heavy atom. The smallest absolute Gasteiger partial charge is 0.230 e. The molecule has 0 unspecified atom stereocenters. The van der Waals surface area contributed by atoms with Crippen molar-refractivity contribution in [2.24, 2.45) is 0 Å². The zero-order valence-corrected chi connectivity index (χ0v) is 19.0. The molecule has 1 fully saturated rings. The average molecular weight is 436 g/mol. The predicted octanol–water partition coefficient (Wildman–Crippen LogP) is 4.28. The van der Waals surface area contributed by atoms with Crippen LogP contribution in [-0.2, 0) is 11.3 Å². The van der Waals surface area contributed by atoms with Gasteiger partial charge in [0.25, 0.3) is 0 Å². The molecule has 162 valence electrons. The molecule has 1 saturated heterocycles. The van der Waals surface area contributed by atoms with E-state index in [0.29, 0.717) is 12.3 Å². The highest BCUT2D eigenvalue weighted by molar-refractivity contribution is 7.99. The van der Waals surface area contributed by atoms with Gasteiger partial charge in [0.15, 0.2) is 5.16 Å². The van der Waals surface area contributed by atoms with Gasteiger partial charge >= 0.3 is 0 Å². The fourth-order valence-electron chi connectivity index (χ4n) is 3.91. The fourth-order valence-corrected chi connectivity index (χ4v) is 4.71. The summed E-state index contributed by atoms with van der Waals surface area (Å²) in [6, 6.07) is 10.2. The van der Waals surface area contributed by atoms with Gasteiger partial charge in [0.2, 0.25) is 5.91 Å². The van der Waals surface area contributed by atoms with E-state index >= 15 is 0 Å². The topological polar surface area (TPSA) is 63.1 Å². The molecule has 1 N–H and O–H groups in total. The van der Waals surface area contributed by atoms with Crippen LogP contribution in [0.3, 0.4) is 0 Å². The van der Waals surface area contributed by atoms with Crippen LogP contribution in [0.2, 0.25) is 0 Å². The molecule has 3 heterocycles. The Labute approximate surface area is 188 Å². The van der Waals surface area contributed by atoms with Gasteiger partial charge in [0.1, 0.15) is 5.82 Å². The highest BCUT2D eigenvalue weighted by atomic mass is 32.2. The highest BCUT2D eigenvalue weighted by Crippen LogP contribution is 2.25. The van der Waals surface area contributed by atoms with E-state index < -0.39 is 0 Å². The van der Waals surface area contributed by atoms with E-state index in [1.165, 1.54) is 42.2 Å². The number of rotatable bonds is 7. The minimum atomic E-state index is -0.00559. The second kappa shape index (κ2) is 10.0. The second-order valence-corrected chi connectivity index (χ2v) is 8.84. The first-order chi connectivity index (χ1) is 15.1. The molecular formula is C24H29N5OS. The Kier molecular flexibility index (Phi) is 6.92. The minimum absolute atomic E-state index is 0.00559. The predicted molar refractivity (Wildman–Crippen MR) is 126 cm³/mol. The monoisotopic (exact) mass is 435 g/mol. The zero-order valence-electron chi connectivity index (χ0n) is 18.2. The first kappa shape index (κ1) is 21.4. The van der Waals surface area contributed by atoms with E-state index in [0.717, 1.165) is 35.3 Å². The highest BCUT2D eigenvalue weighted by Gasteiger charge is 2.16. The van der Waals surface area contributed by atoms with Gasteiger partial charge in [-0.1, -0.05) is 30.0 Å². The maximum atomic E-state index is 12.6. The molecule has 3 aromatic rings. The molecular weight excluding hydrogens is 406 g/mol. The maximum absolute atomic E-state index is 12.6. The van der Waals surface area contributed by atoms with Crippen molar-refractivity contribution in [1.82, 2.24) is 19.9 Å². The Hall–Kier alpha value is -2.80. The molecule has 1 aliphatic heterocycles. The van der Waals surface area contributed by atoms with E-state index in [1.807, 2.05) is 24.5 Å². The van der Waals surface area contributed by atoms with Crippen LogP contribution in [0.1, 0.15) is 36.0 Å². The van der Waals surface area contributed by atoms with Crippen molar-refractivity contribution in [3.05, 3.63) is 65.6 Å². The SMILES string of the molecule is Cc1cccc(-n2ccnc2SCC(=O)NCc2cccnc2N2CCCCC2)c1C. The molecule has 1 amide bonds. The van der Waals surface area contributed by atoms with Gasteiger partial charge in [-0.05, 0) is 56.4 Å². The van der Waals surface area contributed by atoms with Crippen LogP contribution in [0.5, 0.6) is 0 Å². The summed E-state index contributed by atoms with van der Waals surface area (Å²) >= 11 is 1.45. The lowest BCUT2D eigenvalue weighted by Crippen LogP contribution is -2.32. The molecule has 0 saturated carbocycles. The van der Waals surface area contributed by atoms with E-state index in [9.17, 15) is 4.79 Å². The van der Waals surface area contributed by atoms with Crippen LogP contribution in [0.25, 0.3) is 5.69 Å². The Morgan fingerprint density at radius 1 is 1.06 bits per heavy atom. The Morgan fingerprint density at radius 3 is 2.74 bits per heavy atom. The fraction of sp³-hybridized carbons (Fsp3) is 0.375. The molecule has 0 bridgehead atoms. The number of nitrogens with one attached hydrogen (secondary N) is 1. The number of aromatic nitrogens is 3. The van der Waals surface area contributed by atoms with Gasteiger partial charge < -0.3 is 10.2 Å². The number of piperidine rings is 1. The number of anilines is 1. The number of pyridine rings is 1. The molecule has 0 radical (unpaired) electrons. The number of hydrogen-bond acceptors (Lipinski definition) is 5. The minimum Gasteiger partial charge on any atom is -0.356 e. The summed E-state index contributed by atoms with van der Waals surface area (Å²) in [7, 11) is 0. The molecule has 1 aromatic carbocycles. The number of carbonyl (C=O) groups is 1. The van der Waals surface area contributed by atoms with Gasteiger partial charge in [-0.15, -0.1) is 0 Å². The summed E-state index contributed by atoms with van der Waals surface area (Å²) in [5.41, 5.74) is 4.62. The van der Waals surface area contributed by atoms with Crippen LogP contribution >= 0.6 is 11.8 Å². The molecule has 0 aliphatic carbocycles. The number of nitrogens with zero attached hydrogens (tertiary/aromatic N) is 4. The quantitative estimate of drug-likeness (QED) is 0.561. The van der Waals surface area contributed by atoms with Crippen molar-refractivity contribution in [3.63, 3.8) is 0 Å². The summed E-state index contributed by atoms with van der Waals surface area (Å²) in [4.78, 5) is 23.9. The average Bonchev–Trinajstić information content (AvgIpc) is 3.27. The van der Waals surface area contributed by atoms with Crippen molar-refractivity contribution in [2.45, 2.75) is 44.8 Å². The van der Waals surface area contributed by atoms with Gasteiger partial charge in [-0.25, -0.2) is 9.97 Å². The third-order valence-corrected chi connectivity index (χ3v) is 6.74. The van der Waals surface area contributed by atoms with Gasteiger partial charge in [0, 0.05) is 43.8 Å². The van der Waals surface area contributed by atoms with Gasteiger partial charge in [-0.3, -0.25) is 9.36 Å². The van der Waals surface area contributed by atoms with Crippen molar-refractivity contribution in [3.8, 4) is 5.69 Å². The van der Waals surface area contributed by atoms with Crippen LogP contribution in [0.4, 0.5) is 5.82 Å². The van der Waals surface area contributed by atoms with Crippen molar-refractivity contribution in [2.75, 3.05) is 23.7 Å². The van der Waals surface area contributed by atoms with E-state index in [2.05, 4.69) is 56.8 Å². The number of amides is 1. The molecule has 4 rings (SSSR count). The van der Waals surface area contributed by atoms with Crippen molar-refractivity contribution >= 4 is 23.5 Å². The number of thioether (sulfide) groups is 1. The summed E-state index contributed by atoms with van der Waals surface area (Å²) in [5, 5.41) is 3.88.